The van der Waals surface area contributed by atoms with Gasteiger partial charge in [-0.3, -0.25) is 4.90 Å². The van der Waals surface area contributed by atoms with Crippen LogP contribution in [-0.4, -0.2) is 23.5 Å². The summed E-state index contributed by atoms with van der Waals surface area (Å²) >= 11 is 0. The van der Waals surface area contributed by atoms with E-state index in [4.69, 9.17) is 0 Å². The first-order valence-corrected chi connectivity index (χ1v) is 7.41. The highest BCUT2D eigenvalue weighted by Gasteiger charge is 2.35. The van der Waals surface area contributed by atoms with Crippen LogP contribution in [0, 0.1) is 17.3 Å². The molecule has 1 rings (SSSR count). The zero-order chi connectivity index (χ0) is 13.3. The quantitative estimate of drug-likeness (QED) is 0.682. The van der Waals surface area contributed by atoms with Crippen molar-refractivity contribution in [1.82, 2.24) is 4.90 Å². The number of hydrogen-bond acceptors (Lipinski definition) is 1. The Balaban J connectivity index is 2.72. The van der Waals surface area contributed by atoms with Crippen LogP contribution in [0.4, 0.5) is 0 Å². The predicted octanol–water partition coefficient (Wildman–Crippen LogP) is 4.57. The van der Waals surface area contributed by atoms with E-state index in [0.717, 1.165) is 11.8 Å². The van der Waals surface area contributed by atoms with Crippen molar-refractivity contribution in [2.45, 2.75) is 73.3 Å². The van der Waals surface area contributed by atoms with Gasteiger partial charge in [0.05, 0.1) is 0 Å². The molecule has 1 nitrogen and oxygen atoms in total. The maximum absolute atomic E-state index is 2.69. The summed E-state index contributed by atoms with van der Waals surface area (Å²) in [5, 5.41) is 0. The van der Waals surface area contributed by atoms with E-state index in [1.54, 1.807) is 0 Å². The lowest BCUT2D eigenvalue weighted by Gasteiger charge is -2.46. The van der Waals surface area contributed by atoms with Crippen molar-refractivity contribution in [3.63, 3.8) is 0 Å². The van der Waals surface area contributed by atoms with Crippen LogP contribution in [0.25, 0.3) is 0 Å². The van der Waals surface area contributed by atoms with E-state index in [2.05, 4.69) is 53.4 Å². The third-order valence-corrected chi connectivity index (χ3v) is 4.53. The molecule has 2 atom stereocenters. The Morgan fingerprint density at radius 1 is 1.12 bits per heavy atom. The minimum absolute atomic E-state index is 0.342. The highest BCUT2D eigenvalue weighted by Crippen LogP contribution is 2.39. The Bertz CT molecular complexity index is 231. The zero-order valence-electron chi connectivity index (χ0n) is 13.1. The third kappa shape index (κ3) is 3.98. The summed E-state index contributed by atoms with van der Waals surface area (Å²) < 4.78 is 0. The Labute approximate surface area is 109 Å². The van der Waals surface area contributed by atoms with Gasteiger partial charge >= 0.3 is 0 Å². The molecule has 0 bridgehead atoms. The van der Waals surface area contributed by atoms with Crippen LogP contribution < -0.4 is 0 Å². The molecular formula is C16H33N. The molecule has 2 unspecified atom stereocenters. The molecule has 1 aliphatic rings. The average Bonchev–Trinajstić information content (AvgIpc) is 2.15. The van der Waals surface area contributed by atoms with Gasteiger partial charge < -0.3 is 0 Å². The molecule has 1 fully saturated rings. The fourth-order valence-electron chi connectivity index (χ4n) is 3.60. The van der Waals surface area contributed by atoms with E-state index in [0.29, 0.717) is 11.0 Å². The summed E-state index contributed by atoms with van der Waals surface area (Å²) in [5.74, 6) is 1.76. The van der Waals surface area contributed by atoms with Crippen molar-refractivity contribution in [3.8, 4) is 0 Å². The molecule has 0 aliphatic carbocycles. The molecule has 0 amide bonds. The first-order chi connectivity index (χ1) is 7.66. The molecule has 0 N–H and O–H groups in total. The van der Waals surface area contributed by atoms with Crippen LogP contribution in [0.3, 0.4) is 0 Å². The standard InChI is InChI=1S/C16H33N/c1-8-14(15(2,3)4)13-10-9-11-17(12-13)16(5,6)7/h13-14H,8-12H2,1-7H3. The van der Waals surface area contributed by atoms with Crippen LogP contribution in [0.1, 0.15) is 67.7 Å². The van der Waals surface area contributed by atoms with E-state index in [9.17, 15) is 0 Å². The minimum Gasteiger partial charge on any atom is -0.298 e. The normalized spacial score (nSPS) is 25.9. The Kier molecular flexibility index (Phi) is 4.68. The third-order valence-electron chi connectivity index (χ3n) is 4.53. The van der Waals surface area contributed by atoms with Crippen molar-refractivity contribution in [3.05, 3.63) is 0 Å². The second-order valence-corrected chi connectivity index (χ2v) is 7.90. The number of nitrogens with zero attached hydrogens (tertiary/aromatic N) is 1. The molecule has 0 saturated carbocycles. The first-order valence-electron chi connectivity index (χ1n) is 7.41. The lowest BCUT2D eigenvalue weighted by molar-refractivity contribution is 0.0276. The molecule has 1 saturated heterocycles. The van der Waals surface area contributed by atoms with Crippen LogP contribution in [0.5, 0.6) is 0 Å². The molecular weight excluding hydrogens is 206 g/mol. The summed E-state index contributed by atoms with van der Waals surface area (Å²) in [7, 11) is 0. The molecule has 0 aromatic carbocycles. The van der Waals surface area contributed by atoms with Gasteiger partial charge in [-0.25, -0.2) is 0 Å². The Hall–Kier alpha value is -0.0400. The first kappa shape index (κ1) is 15.0. The molecule has 0 aromatic rings. The largest absolute Gasteiger partial charge is 0.298 e. The summed E-state index contributed by atoms with van der Waals surface area (Å²) in [6.45, 7) is 19.3. The van der Waals surface area contributed by atoms with Crippen molar-refractivity contribution in [1.29, 1.82) is 0 Å². The second kappa shape index (κ2) is 5.30. The van der Waals surface area contributed by atoms with Crippen LogP contribution >= 0.6 is 0 Å². The smallest absolute Gasteiger partial charge is 0.0125 e. The maximum atomic E-state index is 2.69. The summed E-state index contributed by atoms with van der Waals surface area (Å²) in [5.41, 5.74) is 0.801. The molecule has 1 heteroatoms. The van der Waals surface area contributed by atoms with Crippen LogP contribution in [0.2, 0.25) is 0 Å². The van der Waals surface area contributed by atoms with Crippen LogP contribution in [0.15, 0.2) is 0 Å². The summed E-state index contributed by atoms with van der Waals surface area (Å²) in [6, 6.07) is 0. The molecule has 1 aliphatic heterocycles. The van der Waals surface area contributed by atoms with Crippen molar-refractivity contribution < 1.29 is 0 Å². The van der Waals surface area contributed by atoms with Gasteiger partial charge in [-0.15, -0.1) is 0 Å². The van der Waals surface area contributed by atoms with E-state index >= 15 is 0 Å². The number of rotatable bonds is 2. The zero-order valence-corrected chi connectivity index (χ0v) is 13.1. The van der Waals surface area contributed by atoms with Gasteiger partial charge in [-0.05, 0) is 57.4 Å². The number of piperidine rings is 1. The number of hydrogen-bond donors (Lipinski definition) is 0. The van der Waals surface area contributed by atoms with Gasteiger partial charge in [0.15, 0.2) is 0 Å². The van der Waals surface area contributed by atoms with Crippen molar-refractivity contribution >= 4 is 0 Å². The van der Waals surface area contributed by atoms with Gasteiger partial charge in [0.2, 0.25) is 0 Å². The summed E-state index contributed by atoms with van der Waals surface area (Å²) in [4.78, 5) is 2.69. The Morgan fingerprint density at radius 3 is 2.12 bits per heavy atom. The average molecular weight is 239 g/mol. The van der Waals surface area contributed by atoms with Gasteiger partial charge in [-0.2, -0.15) is 0 Å². The molecule has 0 spiro atoms. The lowest BCUT2D eigenvalue weighted by Crippen LogP contribution is -2.49. The van der Waals surface area contributed by atoms with E-state index in [1.807, 2.05) is 0 Å². The van der Waals surface area contributed by atoms with Gasteiger partial charge in [0, 0.05) is 12.1 Å². The van der Waals surface area contributed by atoms with E-state index in [1.165, 1.54) is 32.4 Å². The molecule has 102 valence electrons. The van der Waals surface area contributed by atoms with Gasteiger partial charge in [-0.1, -0.05) is 34.1 Å². The highest BCUT2D eigenvalue weighted by molar-refractivity contribution is 4.88. The van der Waals surface area contributed by atoms with E-state index < -0.39 is 0 Å². The molecule has 17 heavy (non-hydrogen) atoms. The topological polar surface area (TPSA) is 3.24 Å². The molecule has 0 radical (unpaired) electrons. The SMILES string of the molecule is CCC(C1CCCN(C(C)(C)C)C1)C(C)(C)C. The monoisotopic (exact) mass is 239 g/mol. The fraction of sp³-hybridized carbons (Fsp3) is 1.00. The minimum atomic E-state index is 0.342. The van der Waals surface area contributed by atoms with E-state index in [-0.39, 0.29) is 0 Å². The molecule has 1 heterocycles. The highest BCUT2D eigenvalue weighted by atomic mass is 15.2. The predicted molar refractivity (Wildman–Crippen MR) is 77.3 cm³/mol. The lowest BCUT2D eigenvalue weighted by atomic mass is 9.69. The van der Waals surface area contributed by atoms with Gasteiger partial charge in [0.1, 0.15) is 0 Å². The number of likely N-dealkylation sites (tertiary alicyclic amines) is 1. The van der Waals surface area contributed by atoms with Crippen LogP contribution in [-0.2, 0) is 0 Å². The molecule has 0 aromatic heterocycles. The van der Waals surface area contributed by atoms with Crippen molar-refractivity contribution in [2.75, 3.05) is 13.1 Å². The second-order valence-electron chi connectivity index (χ2n) is 7.90. The summed E-state index contributed by atoms with van der Waals surface area (Å²) in [6.07, 6.45) is 4.14. The Morgan fingerprint density at radius 2 is 1.71 bits per heavy atom. The maximum Gasteiger partial charge on any atom is 0.0125 e. The van der Waals surface area contributed by atoms with Gasteiger partial charge in [0.25, 0.3) is 0 Å². The fourth-order valence-corrected chi connectivity index (χ4v) is 3.60. The van der Waals surface area contributed by atoms with Crippen molar-refractivity contribution in [2.24, 2.45) is 17.3 Å².